The van der Waals surface area contributed by atoms with Crippen molar-refractivity contribution in [3.63, 3.8) is 0 Å². The minimum atomic E-state index is -3.78. The zero-order valence-corrected chi connectivity index (χ0v) is 13.5. The molecular weight excluding hydrogens is 308 g/mol. The van der Waals surface area contributed by atoms with E-state index in [1.54, 1.807) is 7.05 Å². The lowest BCUT2D eigenvalue weighted by molar-refractivity contribution is -0.144. The summed E-state index contributed by atoms with van der Waals surface area (Å²) in [4.78, 5) is 29.0. The SMILES string of the molecule is COC(=O)C(C)CS(=O)(=O)c1nccc2c1CCN(C)C2=O. The van der Waals surface area contributed by atoms with E-state index in [2.05, 4.69) is 9.72 Å². The number of ether oxygens (including phenoxy) is 1. The van der Waals surface area contributed by atoms with Crippen molar-refractivity contribution in [3.05, 3.63) is 23.4 Å². The van der Waals surface area contributed by atoms with Gasteiger partial charge < -0.3 is 9.64 Å². The number of amides is 1. The molecule has 0 saturated heterocycles. The Balaban J connectivity index is 2.41. The molecule has 1 atom stereocenters. The number of rotatable bonds is 4. The van der Waals surface area contributed by atoms with E-state index in [4.69, 9.17) is 0 Å². The van der Waals surface area contributed by atoms with Crippen molar-refractivity contribution >= 4 is 21.7 Å². The van der Waals surface area contributed by atoms with E-state index in [0.29, 0.717) is 24.1 Å². The van der Waals surface area contributed by atoms with Crippen molar-refractivity contribution in [2.45, 2.75) is 18.4 Å². The van der Waals surface area contributed by atoms with E-state index in [0.717, 1.165) is 0 Å². The maximum atomic E-state index is 12.5. The minimum absolute atomic E-state index is 0.109. The van der Waals surface area contributed by atoms with Gasteiger partial charge in [0.15, 0.2) is 14.9 Å². The number of methoxy groups -OCH3 is 1. The Morgan fingerprint density at radius 1 is 1.50 bits per heavy atom. The van der Waals surface area contributed by atoms with Crippen LogP contribution in [0.4, 0.5) is 0 Å². The van der Waals surface area contributed by atoms with Gasteiger partial charge in [-0.3, -0.25) is 9.59 Å². The van der Waals surface area contributed by atoms with Crippen LogP contribution in [0.1, 0.15) is 22.8 Å². The van der Waals surface area contributed by atoms with Crippen LogP contribution in [0.3, 0.4) is 0 Å². The number of sulfone groups is 1. The number of nitrogens with zero attached hydrogens (tertiary/aromatic N) is 2. The van der Waals surface area contributed by atoms with E-state index in [9.17, 15) is 18.0 Å². The molecule has 1 unspecified atom stereocenters. The molecule has 8 heteroatoms. The van der Waals surface area contributed by atoms with Gasteiger partial charge in [-0.05, 0) is 12.5 Å². The van der Waals surface area contributed by atoms with E-state index in [1.807, 2.05) is 0 Å². The number of fused-ring (bicyclic) bond motifs is 1. The zero-order valence-electron chi connectivity index (χ0n) is 12.7. The summed E-state index contributed by atoms with van der Waals surface area (Å²) in [7, 11) is -0.903. The van der Waals surface area contributed by atoms with E-state index >= 15 is 0 Å². The third-order valence-electron chi connectivity index (χ3n) is 3.66. The molecule has 1 aliphatic rings. The van der Waals surface area contributed by atoms with Gasteiger partial charge in [-0.15, -0.1) is 0 Å². The average Bonchev–Trinajstić information content (AvgIpc) is 2.49. The molecule has 2 heterocycles. The smallest absolute Gasteiger partial charge is 0.309 e. The van der Waals surface area contributed by atoms with Gasteiger partial charge in [0.1, 0.15) is 0 Å². The number of aromatic nitrogens is 1. The number of carbonyl (C=O) groups is 2. The quantitative estimate of drug-likeness (QED) is 0.738. The average molecular weight is 326 g/mol. The molecule has 2 rings (SSSR count). The molecule has 1 amide bonds. The van der Waals surface area contributed by atoms with Crippen LogP contribution in [-0.4, -0.2) is 56.6 Å². The number of esters is 1. The van der Waals surface area contributed by atoms with Crippen molar-refractivity contribution in [2.24, 2.45) is 5.92 Å². The number of hydrogen-bond donors (Lipinski definition) is 0. The molecule has 1 aliphatic heterocycles. The molecular formula is C14H18N2O5S. The minimum Gasteiger partial charge on any atom is -0.469 e. The summed E-state index contributed by atoms with van der Waals surface area (Å²) < 4.78 is 29.6. The summed E-state index contributed by atoms with van der Waals surface area (Å²) in [6.07, 6.45) is 1.73. The Kier molecular flexibility index (Phi) is 4.50. The highest BCUT2D eigenvalue weighted by Crippen LogP contribution is 2.25. The number of pyridine rings is 1. The fourth-order valence-corrected chi connectivity index (χ4v) is 4.21. The van der Waals surface area contributed by atoms with Crippen molar-refractivity contribution < 1.29 is 22.7 Å². The highest BCUT2D eigenvalue weighted by atomic mass is 32.2. The Hall–Kier alpha value is -1.96. The Labute approximate surface area is 129 Å². The topological polar surface area (TPSA) is 93.6 Å². The first-order valence-corrected chi connectivity index (χ1v) is 8.47. The first-order valence-electron chi connectivity index (χ1n) is 6.82. The molecule has 0 aliphatic carbocycles. The monoisotopic (exact) mass is 326 g/mol. The molecule has 1 aromatic rings. The Morgan fingerprint density at radius 3 is 2.82 bits per heavy atom. The highest BCUT2D eigenvalue weighted by molar-refractivity contribution is 7.91. The summed E-state index contributed by atoms with van der Waals surface area (Å²) >= 11 is 0. The number of hydrogen-bond acceptors (Lipinski definition) is 6. The third kappa shape index (κ3) is 2.96. The van der Waals surface area contributed by atoms with Crippen LogP contribution in [0.25, 0.3) is 0 Å². The number of carbonyl (C=O) groups excluding carboxylic acids is 2. The van der Waals surface area contributed by atoms with Crippen LogP contribution >= 0.6 is 0 Å². The van der Waals surface area contributed by atoms with Crippen molar-refractivity contribution in [1.29, 1.82) is 0 Å². The van der Waals surface area contributed by atoms with E-state index < -0.39 is 27.5 Å². The van der Waals surface area contributed by atoms with Gasteiger partial charge in [0, 0.05) is 30.9 Å². The second-order valence-electron chi connectivity index (χ2n) is 5.32. The molecule has 0 aromatic carbocycles. The van der Waals surface area contributed by atoms with E-state index in [1.165, 1.54) is 31.2 Å². The Morgan fingerprint density at radius 2 is 2.18 bits per heavy atom. The number of likely N-dealkylation sites (N-methyl/N-ethyl adjacent to an activating group) is 1. The summed E-state index contributed by atoms with van der Waals surface area (Å²) in [6, 6.07) is 1.52. The summed E-state index contributed by atoms with van der Waals surface area (Å²) in [6.45, 7) is 1.92. The first kappa shape index (κ1) is 16.4. The van der Waals surface area contributed by atoms with Crippen LogP contribution in [0.5, 0.6) is 0 Å². The van der Waals surface area contributed by atoms with E-state index in [-0.39, 0.29) is 10.9 Å². The highest BCUT2D eigenvalue weighted by Gasteiger charge is 2.31. The fraction of sp³-hybridized carbons (Fsp3) is 0.500. The molecule has 7 nitrogen and oxygen atoms in total. The fourth-order valence-electron chi connectivity index (χ4n) is 2.45. The molecule has 0 N–H and O–H groups in total. The lowest BCUT2D eigenvalue weighted by atomic mass is 10.0. The first-order chi connectivity index (χ1) is 10.3. The summed E-state index contributed by atoms with van der Waals surface area (Å²) in [5.41, 5.74) is 0.788. The lowest BCUT2D eigenvalue weighted by Crippen LogP contribution is -2.35. The van der Waals surface area contributed by atoms with Crippen LogP contribution in [0.2, 0.25) is 0 Å². The van der Waals surface area contributed by atoms with Gasteiger partial charge in [0.05, 0.1) is 18.8 Å². The molecule has 1 aromatic heterocycles. The zero-order chi connectivity index (χ0) is 16.5. The van der Waals surface area contributed by atoms with Crippen LogP contribution in [-0.2, 0) is 25.8 Å². The predicted octanol–water partition coefficient (Wildman–Crippen LogP) is 0.292. The molecule has 22 heavy (non-hydrogen) atoms. The largest absolute Gasteiger partial charge is 0.469 e. The molecule has 0 saturated carbocycles. The molecule has 0 fully saturated rings. The normalized spacial score (nSPS) is 16.1. The van der Waals surface area contributed by atoms with Crippen molar-refractivity contribution in [3.8, 4) is 0 Å². The van der Waals surface area contributed by atoms with Crippen molar-refractivity contribution in [2.75, 3.05) is 26.5 Å². The Bertz CT molecular complexity index is 714. The van der Waals surface area contributed by atoms with Crippen LogP contribution in [0.15, 0.2) is 17.3 Å². The molecule has 120 valence electrons. The van der Waals surface area contributed by atoms with Gasteiger partial charge in [-0.1, -0.05) is 6.92 Å². The third-order valence-corrected chi connectivity index (χ3v) is 5.54. The summed E-state index contributed by atoms with van der Waals surface area (Å²) in [5, 5.41) is -0.109. The van der Waals surface area contributed by atoms with Crippen LogP contribution in [0, 0.1) is 5.92 Å². The second kappa shape index (κ2) is 6.04. The molecule has 0 spiro atoms. The lowest BCUT2D eigenvalue weighted by Gasteiger charge is -2.25. The maximum Gasteiger partial charge on any atom is 0.309 e. The van der Waals surface area contributed by atoms with Crippen LogP contribution < -0.4 is 0 Å². The van der Waals surface area contributed by atoms with Gasteiger partial charge in [0.25, 0.3) is 5.91 Å². The van der Waals surface area contributed by atoms with Gasteiger partial charge in [0.2, 0.25) is 0 Å². The standard InChI is InChI=1S/C14H18N2O5S/c1-9(14(18)21-3)8-22(19,20)12-10-5-7-16(2)13(17)11(10)4-6-15-12/h4,6,9H,5,7-8H2,1-3H3. The van der Waals surface area contributed by atoms with Crippen molar-refractivity contribution in [1.82, 2.24) is 9.88 Å². The maximum absolute atomic E-state index is 12.5. The van der Waals surface area contributed by atoms with Gasteiger partial charge in [-0.2, -0.15) is 0 Å². The molecule has 0 radical (unpaired) electrons. The predicted molar refractivity (Wildman–Crippen MR) is 78.1 cm³/mol. The van der Waals surface area contributed by atoms with Gasteiger partial charge in [-0.25, -0.2) is 13.4 Å². The molecule has 0 bridgehead atoms. The van der Waals surface area contributed by atoms with Gasteiger partial charge >= 0.3 is 5.97 Å². The second-order valence-corrected chi connectivity index (χ2v) is 7.27. The summed E-state index contributed by atoms with van der Waals surface area (Å²) in [5.74, 6) is -2.01.